The standard InChI is InChI=1S/C23H18ClNO4/c1-2-29-23(28)16-9-13-18(14-10-16)25-22(27)20-6-4-3-5-19(20)21(26)15-7-11-17(24)12-8-15/h3-14H,2H2,1H3,(H,25,27). The largest absolute Gasteiger partial charge is 0.462 e. The van der Waals surface area contributed by atoms with E-state index in [1.165, 1.54) is 0 Å². The lowest BCUT2D eigenvalue weighted by Gasteiger charge is -2.10. The van der Waals surface area contributed by atoms with Crippen LogP contribution in [0.25, 0.3) is 0 Å². The van der Waals surface area contributed by atoms with E-state index in [0.29, 0.717) is 21.8 Å². The first-order valence-corrected chi connectivity index (χ1v) is 9.35. The fraction of sp³-hybridized carbons (Fsp3) is 0.0870. The number of carbonyl (C=O) groups is 3. The van der Waals surface area contributed by atoms with Crippen LogP contribution in [0.4, 0.5) is 5.69 Å². The fourth-order valence-electron chi connectivity index (χ4n) is 2.74. The third kappa shape index (κ3) is 4.89. The average Bonchev–Trinajstić information content (AvgIpc) is 2.74. The first-order valence-electron chi connectivity index (χ1n) is 8.97. The molecule has 3 aromatic rings. The van der Waals surface area contributed by atoms with Crippen molar-refractivity contribution in [3.8, 4) is 0 Å². The van der Waals surface area contributed by atoms with Crippen molar-refractivity contribution in [2.45, 2.75) is 6.92 Å². The molecule has 0 heterocycles. The smallest absolute Gasteiger partial charge is 0.338 e. The molecule has 0 saturated heterocycles. The third-order valence-electron chi connectivity index (χ3n) is 4.18. The van der Waals surface area contributed by atoms with Gasteiger partial charge in [0.25, 0.3) is 5.91 Å². The van der Waals surface area contributed by atoms with Crippen molar-refractivity contribution in [2.24, 2.45) is 0 Å². The Morgan fingerprint density at radius 1 is 0.828 bits per heavy atom. The van der Waals surface area contributed by atoms with E-state index in [9.17, 15) is 14.4 Å². The molecule has 5 nitrogen and oxygen atoms in total. The zero-order chi connectivity index (χ0) is 20.8. The first kappa shape index (κ1) is 20.3. The fourth-order valence-corrected chi connectivity index (χ4v) is 2.86. The molecule has 6 heteroatoms. The van der Waals surface area contributed by atoms with Crippen LogP contribution in [0.15, 0.2) is 72.8 Å². The van der Waals surface area contributed by atoms with Gasteiger partial charge in [-0.2, -0.15) is 0 Å². The Morgan fingerprint density at radius 2 is 1.41 bits per heavy atom. The summed E-state index contributed by atoms with van der Waals surface area (Å²) >= 11 is 5.88. The second-order valence-corrected chi connectivity index (χ2v) is 6.57. The van der Waals surface area contributed by atoms with Crippen molar-refractivity contribution in [3.05, 3.63) is 100 Å². The van der Waals surface area contributed by atoms with Gasteiger partial charge in [-0.15, -0.1) is 0 Å². The van der Waals surface area contributed by atoms with Gasteiger partial charge in [-0.05, 0) is 61.5 Å². The van der Waals surface area contributed by atoms with Crippen LogP contribution in [0.5, 0.6) is 0 Å². The highest BCUT2D eigenvalue weighted by Gasteiger charge is 2.18. The van der Waals surface area contributed by atoms with Gasteiger partial charge in [0.15, 0.2) is 5.78 Å². The van der Waals surface area contributed by atoms with Gasteiger partial charge >= 0.3 is 5.97 Å². The van der Waals surface area contributed by atoms with E-state index in [1.807, 2.05) is 0 Å². The number of carbonyl (C=O) groups excluding carboxylic acids is 3. The molecular weight excluding hydrogens is 390 g/mol. The highest BCUT2D eigenvalue weighted by molar-refractivity contribution is 6.30. The van der Waals surface area contributed by atoms with Crippen molar-refractivity contribution in [3.63, 3.8) is 0 Å². The third-order valence-corrected chi connectivity index (χ3v) is 4.43. The van der Waals surface area contributed by atoms with E-state index >= 15 is 0 Å². The Labute approximate surface area is 173 Å². The molecule has 0 aromatic heterocycles. The molecule has 0 aliphatic rings. The number of ether oxygens (including phenoxy) is 1. The lowest BCUT2D eigenvalue weighted by molar-refractivity contribution is 0.0526. The van der Waals surface area contributed by atoms with Crippen LogP contribution in [0.2, 0.25) is 5.02 Å². The van der Waals surface area contributed by atoms with Gasteiger partial charge in [0.2, 0.25) is 0 Å². The first-order chi connectivity index (χ1) is 14.0. The molecule has 146 valence electrons. The number of amides is 1. The van der Waals surface area contributed by atoms with E-state index in [1.54, 1.807) is 79.7 Å². The number of esters is 1. The Morgan fingerprint density at radius 3 is 2.03 bits per heavy atom. The Bertz CT molecular complexity index is 1040. The molecule has 0 spiro atoms. The SMILES string of the molecule is CCOC(=O)c1ccc(NC(=O)c2ccccc2C(=O)c2ccc(Cl)cc2)cc1. The van der Waals surface area contributed by atoms with Crippen LogP contribution in [-0.2, 0) is 4.74 Å². The summed E-state index contributed by atoms with van der Waals surface area (Å²) in [7, 11) is 0. The minimum atomic E-state index is -0.427. The van der Waals surface area contributed by atoms with Crippen LogP contribution in [0.3, 0.4) is 0 Å². The molecule has 0 saturated carbocycles. The van der Waals surface area contributed by atoms with Crippen molar-refractivity contribution in [1.82, 2.24) is 0 Å². The zero-order valence-corrected chi connectivity index (χ0v) is 16.4. The number of halogens is 1. The molecule has 0 aliphatic carbocycles. The van der Waals surface area contributed by atoms with Gasteiger partial charge in [0.05, 0.1) is 17.7 Å². The maximum Gasteiger partial charge on any atom is 0.338 e. The van der Waals surface area contributed by atoms with Gasteiger partial charge < -0.3 is 10.1 Å². The van der Waals surface area contributed by atoms with E-state index in [2.05, 4.69) is 5.32 Å². The molecule has 0 aliphatic heterocycles. The van der Waals surface area contributed by atoms with Crippen LogP contribution < -0.4 is 5.32 Å². The van der Waals surface area contributed by atoms with E-state index in [-0.39, 0.29) is 23.5 Å². The molecule has 0 unspecified atom stereocenters. The van der Waals surface area contributed by atoms with Crippen LogP contribution in [0, 0.1) is 0 Å². The summed E-state index contributed by atoms with van der Waals surface area (Å²) in [4.78, 5) is 37.3. The topological polar surface area (TPSA) is 72.5 Å². The Hall–Kier alpha value is -3.44. The number of hydrogen-bond donors (Lipinski definition) is 1. The van der Waals surface area contributed by atoms with Gasteiger partial charge in [0, 0.05) is 21.8 Å². The monoisotopic (exact) mass is 407 g/mol. The number of hydrogen-bond acceptors (Lipinski definition) is 4. The van der Waals surface area contributed by atoms with E-state index in [4.69, 9.17) is 16.3 Å². The molecule has 1 amide bonds. The van der Waals surface area contributed by atoms with Crippen molar-refractivity contribution in [2.75, 3.05) is 11.9 Å². The number of anilines is 1. The summed E-state index contributed by atoms with van der Waals surface area (Å²) in [6.45, 7) is 2.02. The molecule has 1 N–H and O–H groups in total. The lowest BCUT2D eigenvalue weighted by atomic mass is 9.98. The normalized spacial score (nSPS) is 10.3. The molecule has 29 heavy (non-hydrogen) atoms. The predicted molar refractivity (Wildman–Crippen MR) is 112 cm³/mol. The van der Waals surface area contributed by atoms with Gasteiger partial charge in [-0.1, -0.05) is 29.8 Å². The highest BCUT2D eigenvalue weighted by atomic mass is 35.5. The maximum atomic E-state index is 12.8. The van der Waals surface area contributed by atoms with Gasteiger partial charge in [-0.3, -0.25) is 9.59 Å². The number of rotatable bonds is 6. The number of benzene rings is 3. The second-order valence-electron chi connectivity index (χ2n) is 6.13. The Balaban J connectivity index is 1.80. The molecule has 0 bridgehead atoms. The number of ketones is 1. The summed E-state index contributed by atoms with van der Waals surface area (Å²) in [6, 6.07) is 19.4. The molecule has 0 radical (unpaired) electrons. The number of nitrogens with one attached hydrogen (secondary N) is 1. The quantitative estimate of drug-likeness (QED) is 0.461. The molecule has 3 aromatic carbocycles. The summed E-state index contributed by atoms with van der Waals surface area (Å²) in [5.74, 6) is -1.12. The van der Waals surface area contributed by atoms with Crippen molar-refractivity contribution >= 4 is 34.9 Å². The molecule has 0 atom stereocenters. The van der Waals surface area contributed by atoms with Gasteiger partial charge in [0.1, 0.15) is 0 Å². The summed E-state index contributed by atoms with van der Waals surface area (Å²) in [6.07, 6.45) is 0. The summed E-state index contributed by atoms with van der Waals surface area (Å²) in [5.41, 5.74) is 1.87. The van der Waals surface area contributed by atoms with E-state index < -0.39 is 11.9 Å². The van der Waals surface area contributed by atoms with Crippen molar-refractivity contribution < 1.29 is 19.1 Å². The van der Waals surface area contributed by atoms with Crippen LogP contribution in [-0.4, -0.2) is 24.3 Å². The minimum Gasteiger partial charge on any atom is -0.462 e. The second kappa shape index (κ2) is 9.17. The zero-order valence-electron chi connectivity index (χ0n) is 15.6. The molecule has 3 rings (SSSR count). The minimum absolute atomic E-state index is 0.252. The molecular formula is C23H18ClNO4. The van der Waals surface area contributed by atoms with Crippen LogP contribution >= 0.6 is 11.6 Å². The van der Waals surface area contributed by atoms with E-state index in [0.717, 1.165) is 0 Å². The Kier molecular flexibility index (Phi) is 6.42. The summed E-state index contributed by atoms with van der Waals surface area (Å²) < 4.78 is 4.94. The van der Waals surface area contributed by atoms with Gasteiger partial charge in [-0.25, -0.2) is 4.79 Å². The lowest BCUT2D eigenvalue weighted by Crippen LogP contribution is -2.17. The van der Waals surface area contributed by atoms with Crippen molar-refractivity contribution in [1.29, 1.82) is 0 Å². The molecule has 0 fully saturated rings. The van der Waals surface area contributed by atoms with Crippen LogP contribution in [0.1, 0.15) is 43.6 Å². The maximum absolute atomic E-state index is 12.8. The average molecular weight is 408 g/mol. The predicted octanol–water partition coefficient (Wildman–Crippen LogP) is 5.00. The summed E-state index contributed by atoms with van der Waals surface area (Å²) in [5, 5.41) is 3.27. The highest BCUT2D eigenvalue weighted by Crippen LogP contribution is 2.19.